The molecular formula is C19H21N5O. The monoisotopic (exact) mass is 335 g/mol. The van der Waals surface area contributed by atoms with Gasteiger partial charge in [-0.2, -0.15) is 5.10 Å². The minimum atomic E-state index is 0.00682. The third-order valence-corrected chi connectivity index (χ3v) is 4.75. The molecule has 2 aromatic heterocycles. The molecule has 0 saturated carbocycles. The Morgan fingerprint density at radius 1 is 1.24 bits per heavy atom. The van der Waals surface area contributed by atoms with Crippen LogP contribution in [0.1, 0.15) is 28.8 Å². The summed E-state index contributed by atoms with van der Waals surface area (Å²) in [5.74, 6) is 0.989. The van der Waals surface area contributed by atoms with Crippen molar-refractivity contribution in [2.75, 3.05) is 0 Å². The average molecular weight is 335 g/mol. The molecule has 0 radical (unpaired) electrons. The Labute approximate surface area is 146 Å². The van der Waals surface area contributed by atoms with Gasteiger partial charge in [-0.1, -0.05) is 30.3 Å². The third-order valence-electron chi connectivity index (χ3n) is 4.75. The predicted molar refractivity (Wildman–Crippen MR) is 93.7 cm³/mol. The molecule has 1 aromatic carbocycles. The number of benzene rings is 1. The number of hydrogen-bond acceptors (Lipinski definition) is 3. The molecule has 1 atom stereocenters. The van der Waals surface area contributed by atoms with Crippen molar-refractivity contribution in [3.05, 3.63) is 71.6 Å². The van der Waals surface area contributed by atoms with E-state index in [2.05, 4.69) is 26.8 Å². The number of rotatable bonds is 3. The molecule has 0 bridgehead atoms. The first-order chi connectivity index (χ1) is 12.1. The minimum Gasteiger partial charge on any atom is -0.331 e. The van der Waals surface area contributed by atoms with Crippen molar-refractivity contribution in [1.82, 2.24) is 24.2 Å². The number of amides is 1. The SMILES string of the molecule is Cc1cc(C)n(CC(=O)N2Cc3nccn3C[C@@H]2c2ccccc2)n1. The van der Waals surface area contributed by atoms with Crippen LogP contribution in [0.5, 0.6) is 0 Å². The number of fused-ring (bicyclic) bond motifs is 1. The van der Waals surface area contributed by atoms with Crippen LogP contribution >= 0.6 is 0 Å². The Morgan fingerprint density at radius 2 is 2.04 bits per heavy atom. The maximum atomic E-state index is 13.1. The lowest BCUT2D eigenvalue weighted by Gasteiger charge is -2.36. The first kappa shape index (κ1) is 15.6. The van der Waals surface area contributed by atoms with E-state index in [0.29, 0.717) is 6.54 Å². The molecule has 3 aromatic rings. The Hall–Kier alpha value is -2.89. The highest BCUT2D eigenvalue weighted by Crippen LogP contribution is 2.29. The number of hydrogen-bond donors (Lipinski definition) is 0. The molecule has 6 heteroatoms. The molecule has 25 heavy (non-hydrogen) atoms. The van der Waals surface area contributed by atoms with Crippen LogP contribution in [0.2, 0.25) is 0 Å². The summed E-state index contributed by atoms with van der Waals surface area (Å²) in [6.45, 7) is 5.42. The van der Waals surface area contributed by atoms with E-state index < -0.39 is 0 Å². The second-order valence-corrected chi connectivity index (χ2v) is 6.53. The summed E-state index contributed by atoms with van der Waals surface area (Å²) in [5, 5.41) is 4.43. The number of imidazole rings is 1. The predicted octanol–water partition coefficient (Wildman–Crippen LogP) is 2.48. The molecule has 1 aliphatic heterocycles. The van der Waals surface area contributed by atoms with E-state index in [1.165, 1.54) is 0 Å². The molecule has 0 aliphatic carbocycles. The summed E-state index contributed by atoms with van der Waals surface area (Å²) >= 11 is 0. The second-order valence-electron chi connectivity index (χ2n) is 6.53. The highest BCUT2D eigenvalue weighted by molar-refractivity contribution is 5.76. The Morgan fingerprint density at radius 3 is 2.76 bits per heavy atom. The summed E-state index contributed by atoms with van der Waals surface area (Å²) in [5.41, 5.74) is 3.07. The molecule has 128 valence electrons. The van der Waals surface area contributed by atoms with Gasteiger partial charge in [-0.25, -0.2) is 4.98 Å². The van der Waals surface area contributed by atoms with Crippen LogP contribution in [0.3, 0.4) is 0 Å². The van der Waals surface area contributed by atoms with E-state index in [1.54, 1.807) is 10.9 Å². The van der Waals surface area contributed by atoms with Crippen LogP contribution < -0.4 is 0 Å². The average Bonchev–Trinajstić information content (AvgIpc) is 3.20. The van der Waals surface area contributed by atoms with Gasteiger partial charge in [0.25, 0.3) is 0 Å². The van der Waals surface area contributed by atoms with Gasteiger partial charge in [-0.05, 0) is 25.5 Å². The zero-order valence-corrected chi connectivity index (χ0v) is 14.5. The van der Waals surface area contributed by atoms with Crippen LogP contribution in [-0.4, -0.2) is 30.1 Å². The van der Waals surface area contributed by atoms with E-state index in [-0.39, 0.29) is 18.5 Å². The van der Waals surface area contributed by atoms with Crippen molar-refractivity contribution in [3.8, 4) is 0 Å². The first-order valence-electron chi connectivity index (χ1n) is 8.47. The lowest BCUT2D eigenvalue weighted by Crippen LogP contribution is -2.42. The fourth-order valence-corrected chi connectivity index (χ4v) is 3.48. The quantitative estimate of drug-likeness (QED) is 0.739. The van der Waals surface area contributed by atoms with Gasteiger partial charge in [0.2, 0.25) is 5.91 Å². The molecule has 1 amide bonds. The van der Waals surface area contributed by atoms with E-state index >= 15 is 0 Å². The third kappa shape index (κ3) is 2.95. The van der Waals surface area contributed by atoms with Gasteiger partial charge < -0.3 is 9.47 Å². The molecule has 4 rings (SSSR count). The van der Waals surface area contributed by atoms with E-state index in [1.807, 2.05) is 49.2 Å². The number of carbonyl (C=O) groups excluding carboxylic acids is 1. The zero-order chi connectivity index (χ0) is 17.4. The van der Waals surface area contributed by atoms with Crippen molar-refractivity contribution >= 4 is 5.91 Å². The summed E-state index contributed by atoms with van der Waals surface area (Å²) in [7, 11) is 0. The van der Waals surface area contributed by atoms with Crippen LogP contribution in [0, 0.1) is 13.8 Å². The fraction of sp³-hybridized carbons (Fsp3) is 0.316. The maximum absolute atomic E-state index is 13.1. The van der Waals surface area contributed by atoms with Crippen LogP contribution in [0.4, 0.5) is 0 Å². The topological polar surface area (TPSA) is 56.0 Å². The molecule has 6 nitrogen and oxygen atoms in total. The Balaban J connectivity index is 1.65. The molecule has 0 spiro atoms. The van der Waals surface area contributed by atoms with Crippen molar-refractivity contribution in [2.45, 2.75) is 39.5 Å². The Kier molecular flexibility index (Phi) is 3.87. The standard InChI is InChI=1S/C19H21N5O/c1-14-10-15(2)24(21-14)13-19(25)23-12-18-20-8-9-22(18)11-17(23)16-6-4-3-5-7-16/h3-10,17H,11-13H2,1-2H3/t17-/m1/s1. The first-order valence-corrected chi connectivity index (χ1v) is 8.47. The zero-order valence-electron chi connectivity index (χ0n) is 14.5. The van der Waals surface area contributed by atoms with Crippen molar-refractivity contribution in [1.29, 1.82) is 0 Å². The molecule has 1 aliphatic rings. The number of carbonyl (C=O) groups is 1. The lowest BCUT2D eigenvalue weighted by molar-refractivity contribution is -0.136. The maximum Gasteiger partial charge on any atom is 0.245 e. The summed E-state index contributed by atoms with van der Waals surface area (Å²) in [4.78, 5) is 19.4. The molecule has 3 heterocycles. The number of aryl methyl sites for hydroxylation is 2. The minimum absolute atomic E-state index is 0.00682. The summed E-state index contributed by atoms with van der Waals surface area (Å²) < 4.78 is 3.91. The molecular weight excluding hydrogens is 314 g/mol. The van der Waals surface area contributed by atoms with Crippen molar-refractivity contribution in [2.24, 2.45) is 0 Å². The van der Waals surface area contributed by atoms with Gasteiger partial charge >= 0.3 is 0 Å². The van der Waals surface area contributed by atoms with Gasteiger partial charge in [0.1, 0.15) is 12.4 Å². The van der Waals surface area contributed by atoms with Gasteiger partial charge in [-0.15, -0.1) is 0 Å². The van der Waals surface area contributed by atoms with Crippen molar-refractivity contribution in [3.63, 3.8) is 0 Å². The highest BCUT2D eigenvalue weighted by atomic mass is 16.2. The summed E-state index contributed by atoms with van der Waals surface area (Å²) in [6.07, 6.45) is 3.78. The lowest BCUT2D eigenvalue weighted by atomic mass is 10.0. The largest absolute Gasteiger partial charge is 0.331 e. The van der Waals surface area contributed by atoms with Gasteiger partial charge in [0.15, 0.2) is 0 Å². The second kappa shape index (κ2) is 6.20. The highest BCUT2D eigenvalue weighted by Gasteiger charge is 2.31. The van der Waals surface area contributed by atoms with Crippen LogP contribution in [0.25, 0.3) is 0 Å². The Bertz CT molecular complexity index is 896. The normalized spacial score (nSPS) is 16.7. The van der Waals surface area contributed by atoms with Gasteiger partial charge in [-0.3, -0.25) is 9.48 Å². The van der Waals surface area contributed by atoms with Gasteiger partial charge in [0, 0.05) is 24.6 Å². The number of aromatic nitrogens is 4. The fourth-order valence-electron chi connectivity index (χ4n) is 3.48. The van der Waals surface area contributed by atoms with E-state index in [0.717, 1.165) is 29.3 Å². The molecule has 0 saturated heterocycles. The molecule has 0 fully saturated rings. The summed E-state index contributed by atoms with van der Waals surface area (Å²) in [6, 6.07) is 12.2. The number of nitrogens with zero attached hydrogens (tertiary/aromatic N) is 5. The van der Waals surface area contributed by atoms with Crippen molar-refractivity contribution < 1.29 is 4.79 Å². The van der Waals surface area contributed by atoms with Crippen LogP contribution in [-0.2, 0) is 24.4 Å². The van der Waals surface area contributed by atoms with E-state index in [9.17, 15) is 4.79 Å². The molecule has 0 unspecified atom stereocenters. The van der Waals surface area contributed by atoms with Crippen LogP contribution in [0.15, 0.2) is 48.8 Å². The van der Waals surface area contributed by atoms with E-state index in [4.69, 9.17) is 0 Å². The molecule has 0 N–H and O–H groups in total. The smallest absolute Gasteiger partial charge is 0.245 e. The van der Waals surface area contributed by atoms with Gasteiger partial charge in [0.05, 0.1) is 18.3 Å².